The van der Waals surface area contributed by atoms with Gasteiger partial charge in [0.25, 0.3) is 5.91 Å². The van der Waals surface area contributed by atoms with Crippen LogP contribution in [-0.4, -0.2) is 25.2 Å². The highest BCUT2D eigenvalue weighted by atomic mass is 16.5. The van der Waals surface area contributed by atoms with E-state index in [1.807, 2.05) is 4.90 Å². The van der Waals surface area contributed by atoms with Crippen molar-refractivity contribution >= 4 is 11.6 Å². The van der Waals surface area contributed by atoms with Gasteiger partial charge in [-0.25, -0.2) is 0 Å². The molecular weight excluding hydrogens is 250 g/mol. The van der Waals surface area contributed by atoms with Gasteiger partial charge in [-0.05, 0) is 61.8 Å². The summed E-state index contributed by atoms with van der Waals surface area (Å²) in [5.41, 5.74) is 4.97. The number of amides is 1. The van der Waals surface area contributed by atoms with Crippen molar-refractivity contribution in [3.8, 4) is 0 Å². The van der Waals surface area contributed by atoms with Crippen molar-refractivity contribution in [1.82, 2.24) is 0 Å². The predicted octanol–water partition coefficient (Wildman–Crippen LogP) is 3.01. The zero-order chi connectivity index (χ0) is 14.3. The molecule has 20 heavy (non-hydrogen) atoms. The van der Waals surface area contributed by atoms with Gasteiger partial charge in [0, 0.05) is 18.8 Å². The number of nitrogens with zero attached hydrogens (tertiary/aromatic N) is 1. The average Bonchev–Trinajstić information content (AvgIpc) is 2.93. The molecule has 0 saturated carbocycles. The summed E-state index contributed by atoms with van der Waals surface area (Å²) in [6, 6.07) is 4.42. The fraction of sp³-hybridized carbons (Fsp3) is 0.588. The smallest absolute Gasteiger partial charge is 0.256 e. The molecule has 108 valence electrons. The third-order valence-corrected chi connectivity index (χ3v) is 4.52. The molecular formula is C17H23NO2. The van der Waals surface area contributed by atoms with E-state index in [-0.39, 0.29) is 12.0 Å². The van der Waals surface area contributed by atoms with Gasteiger partial charge in [0.15, 0.2) is 0 Å². The molecule has 2 unspecified atom stereocenters. The average molecular weight is 273 g/mol. The molecule has 0 bridgehead atoms. The molecule has 0 spiro atoms. The van der Waals surface area contributed by atoms with Gasteiger partial charge in [-0.3, -0.25) is 4.79 Å². The van der Waals surface area contributed by atoms with Crippen LogP contribution in [0.2, 0.25) is 0 Å². The fourth-order valence-electron chi connectivity index (χ4n) is 3.28. The molecule has 0 N–H and O–H groups in total. The van der Waals surface area contributed by atoms with Crippen LogP contribution in [-0.2, 0) is 16.0 Å². The Labute approximate surface area is 120 Å². The largest absolute Gasteiger partial charge is 0.368 e. The van der Waals surface area contributed by atoms with Crippen molar-refractivity contribution in [2.75, 3.05) is 18.1 Å². The molecule has 1 fully saturated rings. The maximum absolute atomic E-state index is 12.7. The highest BCUT2D eigenvalue weighted by Gasteiger charge is 2.33. The minimum atomic E-state index is -0.227. The fourth-order valence-corrected chi connectivity index (χ4v) is 3.28. The zero-order valence-corrected chi connectivity index (χ0v) is 12.6. The Hall–Kier alpha value is -1.35. The lowest BCUT2D eigenvalue weighted by Crippen LogP contribution is -2.44. The second kappa shape index (κ2) is 5.21. The van der Waals surface area contributed by atoms with E-state index in [0.29, 0.717) is 5.92 Å². The van der Waals surface area contributed by atoms with Gasteiger partial charge in [0.05, 0.1) is 0 Å². The van der Waals surface area contributed by atoms with E-state index in [1.165, 1.54) is 16.7 Å². The lowest BCUT2D eigenvalue weighted by atomic mass is 9.90. The molecule has 2 heterocycles. The summed E-state index contributed by atoms with van der Waals surface area (Å²) < 4.78 is 5.58. The molecule has 3 nitrogen and oxygen atoms in total. The highest BCUT2D eigenvalue weighted by Crippen LogP contribution is 2.33. The van der Waals surface area contributed by atoms with Crippen molar-refractivity contribution < 1.29 is 9.53 Å². The first kappa shape index (κ1) is 13.6. The molecule has 1 aromatic rings. The van der Waals surface area contributed by atoms with Crippen LogP contribution in [0.15, 0.2) is 12.1 Å². The Morgan fingerprint density at radius 3 is 2.75 bits per heavy atom. The number of aryl methyl sites for hydroxylation is 2. The zero-order valence-electron chi connectivity index (χ0n) is 12.6. The molecule has 0 radical (unpaired) electrons. The molecule has 2 atom stereocenters. The summed E-state index contributed by atoms with van der Waals surface area (Å²) in [6.07, 6.45) is 2.70. The Bertz CT molecular complexity index is 532. The molecule has 3 rings (SSSR count). The number of ether oxygens (including phenoxy) is 1. The van der Waals surface area contributed by atoms with Crippen LogP contribution in [0.5, 0.6) is 0 Å². The van der Waals surface area contributed by atoms with E-state index in [2.05, 4.69) is 32.9 Å². The third kappa shape index (κ3) is 2.35. The standard InChI is InChI=1S/C17H23NO2/c1-11-7-14-8-12(2)13(3)9-15(14)18(10-11)17(19)16-5-4-6-20-16/h8-9,11,16H,4-7,10H2,1-3H3. The van der Waals surface area contributed by atoms with E-state index in [0.717, 1.165) is 38.1 Å². The minimum absolute atomic E-state index is 0.151. The molecule has 1 aromatic carbocycles. The first-order valence-electron chi connectivity index (χ1n) is 7.59. The normalized spacial score (nSPS) is 25.6. The van der Waals surface area contributed by atoms with Crippen molar-refractivity contribution in [3.05, 3.63) is 28.8 Å². The van der Waals surface area contributed by atoms with E-state index in [1.54, 1.807) is 0 Å². The van der Waals surface area contributed by atoms with Gasteiger partial charge in [0.2, 0.25) is 0 Å². The van der Waals surface area contributed by atoms with Gasteiger partial charge >= 0.3 is 0 Å². The van der Waals surface area contributed by atoms with Gasteiger partial charge in [-0.15, -0.1) is 0 Å². The SMILES string of the molecule is Cc1cc2c(cc1C)N(C(=O)C1CCCO1)CC(C)C2. The third-order valence-electron chi connectivity index (χ3n) is 4.52. The van der Waals surface area contributed by atoms with E-state index in [9.17, 15) is 4.79 Å². The van der Waals surface area contributed by atoms with Crippen LogP contribution in [0.25, 0.3) is 0 Å². The number of fused-ring (bicyclic) bond motifs is 1. The van der Waals surface area contributed by atoms with Gasteiger partial charge in [0.1, 0.15) is 6.10 Å². The van der Waals surface area contributed by atoms with Crippen molar-refractivity contribution in [1.29, 1.82) is 0 Å². The first-order valence-corrected chi connectivity index (χ1v) is 7.59. The van der Waals surface area contributed by atoms with Crippen LogP contribution < -0.4 is 4.90 Å². The monoisotopic (exact) mass is 273 g/mol. The lowest BCUT2D eigenvalue weighted by Gasteiger charge is -2.35. The van der Waals surface area contributed by atoms with Crippen LogP contribution in [0.4, 0.5) is 5.69 Å². The Morgan fingerprint density at radius 2 is 2.05 bits per heavy atom. The van der Waals surface area contributed by atoms with Crippen LogP contribution in [0, 0.1) is 19.8 Å². The van der Waals surface area contributed by atoms with Crippen LogP contribution in [0.1, 0.15) is 36.5 Å². The lowest BCUT2D eigenvalue weighted by molar-refractivity contribution is -0.127. The molecule has 1 saturated heterocycles. The Balaban J connectivity index is 1.96. The topological polar surface area (TPSA) is 29.5 Å². The van der Waals surface area contributed by atoms with Gasteiger partial charge in [-0.1, -0.05) is 13.0 Å². The van der Waals surface area contributed by atoms with Gasteiger partial charge in [-0.2, -0.15) is 0 Å². The number of rotatable bonds is 1. The molecule has 0 aliphatic carbocycles. The van der Waals surface area contributed by atoms with Gasteiger partial charge < -0.3 is 9.64 Å². The van der Waals surface area contributed by atoms with Crippen molar-refractivity contribution in [2.45, 2.75) is 46.1 Å². The Kier molecular flexibility index (Phi) is 3.55. The highest BCUT2D eigenvalue weighted by molar-refractivity contribution is 5.98. The number of anilines is 1. The van der Waals surface area contributed by atoms with E-state index < -0.39 is 0 Å². The summed E-state index contributed by atoms with van der Waals surface area (Å²) in [6.45, 7) is 8.01. The summed E-state index contributed by atoms with van der Waals surface area (Å²) in [4.78, 5) is 14.7. The number of carbonyl (C=O) groups is 1. The Morgan fingerprint density at radius 1 is 1.30 bits per heavy atom. The number of hydrogen-bond donors (Lipinski definition) is 0. The number of carbonyl (C=O) groups excluding carboxylic acids is 1. The van der Waals surface area contributed by atoms with Crippen molar-refractivity contribution in [3.63, 3.8) is 0 Å². The minimum Gasteiger partial charge on any atom is -0.368 e. The van der Waals surface area contributed by atoms with Crippen molar-refractivity contribution in [2.24, 2.45) is 5.92 Å². The molecule has 2 aliphatic rings. The maximum Gasteiger partial charge on any atom is 0.256 e. The summed E-state index contributed by atoms with van der Waals surface area (Å²) in [5.74, 6) is 0.661. The molecule has 0 aromatic heterocycles. The summed E-state index contributed by atoms with van der Waals surface area (Å²) in [7, 11) is 0. The summed E-state index contributed by atoms with van der Waals surface area (Å²) in [5, 5.41) is 0. The summed E-state index contributed by atoms with van der Waals surface area (Å²) >= 11 is 0. The molecule has 3 heteroatoms. The van der Waals surface area contributed by atoms with E-state index >= 15 is 0 Å². The predicted molar refractivity (Wildman–Crippen MR) is 80.1 cm³/mol. The number of benzene rings is 1. The number of hydrogen-bond acceptors (Lipinski definition) is 2. The first-order chi connectivity index (χ1) is 9.56. The quantitative estimate of drug-likeness (QED) is 0.787. The molecule has 1 amide bonds. The maximum atomic E-state index is 12.7. The molecule has 2 aliphatic heterocycles. The second-order valence-corrected chi connectivity index (χ2v) is 6.32. The van der Waals surface area contributed by atoms with Crippen LogP contribution >= 0.6 is 0 Å². The van der Waals surface area contributed by atoms with Crippen LogP contribution in [0.3, 0.4) is 0 Å². The second-order valence-electron chi connectivity index (χ2n) is 6.32. The van der Waals surface area contributed by atoms with E-state index in [4.69, 9.17) is 4.74 Å².